The molecule has 0 aromatic carbocycles. The Kier molecular flexibility index (Phi) is 4.34. The number of hydrogen-bond acceptors (Lipinski definition) is 3. The first kappa shape index (κ1) is 13.8. The van der Waals surface area contributed by atoms with E-state index in [0.717, 1.165) is 6.42 Å². The number of nitrogens with zero attached hydrogens (tertiary/aromatic N) is 1. The van der Waals surface area contributed by atoms with E-state index in [2.05, 4.69) is 25.8 Å². The summed E-state index contributed by atoms with van der Waals surface area (Å²) in [5.74, 6) is -0.992. The van der Waals surface area contributed by atoms with Crippen molar-refractivity contribution in [2.75, 3.05) is 6.61 Å². The van der Waals surface area contributed by atoms with E-state index >= 15 is 0 Å². The van der Waals surface area contributed by atoms with Gasteiger partial charge in [-0.15, -0.1) is 0 Å². The normalized spacial score (nSPS) is 11.3. The molecule has 1 aromatic heterocycles. The number of carboxylic acid groups (broad SMARTS) is 1. The van der Waals surface area contributed by atoms with E-state index in [1.807, 2.05) is 0 Å². The van der Waals surface area contributed by atoms with Crippen LogP contribution in [0.25, 0.3) is 0 Å². The Labute approximate surface area is 106 Å². The van der Waals surface area contributed by atoms with Gasteiger partial charge in [-0.05, 0) is 24.0 Å². The monoisotopic (exact) mass is 257 g/mol. The van der Waals surface area contributed by atoms with Crippen LogP contribution in [0.2, 0.25) is 5.15 Å². The van der Waals surface area contributed by atoms with Crippen molar-refractivity contribution in [3.05, 3.63) is 22.8 Å². The molecule has 1 rings (SSSR count). The highest BCUT2D eigenvalue weighted by atomic mass is 35.5. The summed E-state index contributed by atoms with van der Waals surface area (Å²) in [7, 11) is 0. The Morgan fingerprint density at radius 2 is 2.12 bits per heavy atom. The van der Waals surface area contributed by atoms with Crippen molar-refractivity contribution in [3.63, 3.8) is 0 Å². The summed E-state index contributed by atoms with van der Waals surface area (Å²) in [5, 5.41) is 9.18. The Morgan fingerprint density at radius 3 is 2.65 bits per heavy atom. The molecule has 17 heavy (non-hydrogen) atoms. The highest BCUT2D eigenvalue weighted by Crippen LogP contribution is 2.22. The van der Waals surface area contributed by atoms with E-state index in [9.17, 15) is 4.79 Å². The van der Waals surface area contributed by atoms with Crippen LogP contribution >= 0.6 is 11.6 Å². The number of ether oxygens (including phenoxy) is 1. The van der Waals surface area contributed by atoms with Crippen LogP contribution in [0.3, 0.4) is 0 Å². The molecule has 0 saturated heterocycles. The van der Waals surface area contributed by atoms with Gasteiger partial charge in [0.1, 0.15) is 10.7 Å². The van der Waals surface area contributed by atoms with Gasteiger partial charge < -0.3 is 9.84 Å². The first-order chi connectivity index (χ1) is 7.79. The van der Waals surface area contributed by atoms with Gasteiger partial charge in [0, 0.05) is 0 Å². The van der Waals surface area contributed by atoms with Crippen LogP contribution in [0, 0.1) is 5.41 Å². The van der Waals surface area contributed by atoms with Gasteiger partial charge in [-0.2, -0.15) is 0 Å². The lowest BCUT2D eigenvalue weighted by Gasteiger charge is -2.18. The zero-order chi connectivity index (χ0) is 13.1. The molecule has 0 aliphatic carbocycles. The summed E-state index contributed by atoms with van der Waals surface area (Å²) >= 11 is 5.71. The van der Waals surface area contributed by atoms with E-state index in [0.29, 0.717) is 6.61 Å². The van der Waals surface area contributed by atoms with Crippen LogP contribution in [0.1, 0.15) is 37.6 Å². The molecule has 0 fully saturated rings. The minimum absolute atomic E-state index is 0.0308. The van der Waals surface area contributed by atoms with Crippen LogP contribution < -0.4 is 4.74 Å². The summed E-state index contributed by atoms with van der Waals surface area (Å²) in [6.45, 7) is 6.66. The smallest absolute Gasteiger partial charge is 0.341 e. The topological polar surface area (TPSA) is 59.4 Å². The molecule has 0 aliphatic rings. The molecule has 1 N–H and O–H groups in total. The largest absolute Gasteiger partial charge is 0.477 e. The number of rotatable bonds is 4. The minimum Gasteiger partial charge on any atom is -0.477 e. The van der Waals surface area contributed by atoms with Crippen molar-refractivity contribution < 1.29 is 14.6 Å². The summed E-state index contributed by atoms with van der Waals surface area (Å²) in [4.78, 5) is 14.8. The molecule has 0 spiro atoms. The fourth-order valence-corrected chi connectivity index (χ4v) is 1.28. The van der Waals surface area contributed by atoms with E-state index in [4.69, 9.17) is 21.4 Å². The maximum atomic E-state index is 10.9. The average Bonchev–Trinajstić information content (AvgIpc) is 2.15. The summed E-state index contributed by atoms with van der Waals surface area (Å²) in [6.07, 6.45) is 0.806. The quantitative estimate of drug-likeness (QED) is 0.841. The van der Waals surface area contributed by atoms with Gasteiger partial charge in [-0.1, -0.05) is 32.4 Å². The molecule has 1 heterocycles. The zero-order valence-corrected chi connectivity index (χ0v) is 10.9. The Balaban J connectivity index is 2.75. The lowest BCUT2D eigenvalue weighted by molar-refractivity contribution is 0.0690. The van der Waals surface area contributed by atoms with Crippen LogP contribution in [-0.4, -0.2) is 22.7 Å². The third-order valence-corrected chi connectivity index (χ3v) is 2.36. The first-order valence-corrected chi connectivity index (χ1v) is 5.70. The highest BCUT2D eigenvalue weighted by molar-refractivity contribution is 6.29. The second-order valence-corrected chi connectivity index (χ2v) is 5.34. The van der Waals surface area contributed by atoms with Gasteiger partial charge in [0.15, 0.2) is 0 Å². The summed E-state index contributed by atoms with van der Waals surface area (Å²) in [5.41, 5.74) is 0.158. The van der Waals surface area contributed by atoms with Crippen molar-refractivity contribution in [3.8, 4) is 5.88 Å². The second kappa shape index (κ2) is 5.36. The van der Waals surface area contributed by atoms with Crippen LogP contribution in [-0.2, 0) is 0 Å². The predicted molar refractivity (Wildman–Crippen MR) is 65.8 cm³/mol. The molecular formula is C12H16ClNO3. The number of pyridine rings is 1. The molecule has 0 aliphatic heterocycles. The van der Waals surface area contributed by atoms with Crippen molar-refractivity contribution in [1.29, 1.82) is 0 Å². The third-order valence-electron chi connectivity index (χ3n) is 2.15. The minimum atomic E-state index is -1.07. The van der Waals surface area contributed by atoms with Gasteiger partial charge in [0.2, 0.25) is 5.88 Å². The Hall–Kier alpha value is -1.29. The van der Waals surface area contributed by atoms with E-state index < -0.39 is 5.97 Å². The van der Waals surface area contributed by atoms with Crippen molar-refractivity contribution in [2.45, 2.75) is 27.2 Å². The molecule has 0 atom stereocenters. The van der Waals surface area contributed by atoms with Crippen molar-refractivity contribution in [2.24, 2.45) is 5.41 Å². The maximum Gasteiger partial charge on any atom is 0.341 e. The molecule has 1 aromatic rings. The molecule has 0 amide bonds. The highest BCUT2D eigenvalue weighted by Gasteiger charge is 2.15. The molecule has 0 radical (unpaired) electrons. The fourth-order valence-electron chi connectivity index (χ4n) is 1.14. The molecule has 94 valence electrons. The lowest BCUT2D eigenvalue weighted by Crippen LogP contribution is -2.13. The molecule has 0 saturated carbocycles. The van der Waals surface area contributed by atoms with Gasteiger partial charge in [0.05, 0.1) is 6.61 Å². The number of aromatic carboxylic acids is 1. The second-order valence-electron chi connectivity index (χ2n) is 4.95. The predicted octanol–water partition coefficient (Wildman–Crippen LogP) is 3.25. The van der Waals surface area contributed by atoms with Crippen LogP contribution in [0.4, 0.5) is 0 Å². The van der Waals surface area contributed by atoms with E-state index in [1.54, 1.807) is 0 Å². The van der Waals surface area contributed by atoms with Gasteiger partial charge >= 0.3 is 5.97 Å². The van der Waals surface area contributed by atoms with E-state index in [1.165, 1.54) is 12.1 Å². The average molecular weight is 258 g/mol. The molecule has 0 bridgehead atoms. The number of hydrogen-bond donors (Lipinski definition) is 1. The molecular weight excluding hydrogens is 242 g/mol. The number of carboxylic acids is 1. The third kappa shape index (κ3) is 4.61. The summed E-state index contributed by atoms with van der Waals surface area (Å²) in [6, 6.07) is 2.83. The van der Waals surface area contributed by atoms with Gasteiger partial charge in [-0.25, -0.2) is 9.78 Å². The maximum absolute atomic E-state index is 10.9. The Morgan fingerprint density at radius 1 is 1.47 bits per heavy atom. The number of halogens is 1. The van der Waals surface area contributed by atoms with E-state index in [-0.39, 0.29) is 22.0 Å². The van der Waals surface area contributed by atoms with Crippen molar-refractivity contribution >= 4 is 17.6 Å². The summed E-state index contributed by atoms with van der Waals surface area (Å²) < 4.78 is 5.38. The molecule has 0 unspecified atom stereocenters. The zero-order valence-electron chi connectivity index (χ0n) is 10.2. The van der Waals surface area contributed by atoms with Crippen LogP contribution in [0.15, 0.2) is 12.1 Å². The molecule has 4 nitrogen and oxygen atoms in total. The lowest BCUT2D eigenvalue weighted by atomic mass is 9.93. The SMILES string of the molecule is CC(C)(C)CCOc1nc(Cl)ccc1C(=O)O. The standard InChI is InChI=1S/C12H16ClNO3/c1-12(2,3)6-7-17-10-8(11(15)16)4-5-9(13)14-10/h4-5H,6-7H2,1-3H3,(H,15,16). The fraction of sp³-hybridized carbons (Fsp3) is 0.500. The first-order valence-electron chi connectivity index (χ1n) is 5.32. The number of aromatic nitrogens is 1. The molecule has 5 heteroatoms. The van der Waals surface area contributed by atoms with Gasteiger partial charge in [-0.3, -0.25) is 0 Å². The Bertz CT molecular complexity index is 413. The number of carbonyl (C=O) groups is 1. The van der Waals surface area contributed by atoms with Gasteiger partial charge in [0.25, 0.3) is 0 Å². The van der Waals surface area contributed by atoms with Crippen LogP contribution in [0.5, 0.6) is 5.88 Å². The van der Waals surface area contributed by atoms with Crippen molar-refractivity contribution in [1.82, 2.24) is 4.98 Å².